The summed E-state index contributed by atoms with van der Waals surface area (Å²) < 4.78 is 5.45. The molecule has 1 aromatic heterocycles. The van der Waals surface area contributed by atoms with Gasteiger partial charge in [0, 0.05) is 30.9 Å². The van der Waals surface area contributed by atoms with E-state index in [0.717, 1.165) is 61.2 Å². The van der Waals surface area contributed by atoms with Crippen LogP contribution < -0.4 is 5.32 Å². The number of H-pyrrole nitrogens is 1. The number of nitrogens with one attached hydrogen (secondary N) is 2. The van der Waals surface area contributed by atoms with Gasteiger partial charge in [-0.3, -0.25) is 9.89 Å². The highest BCUT2D eigenvalue weighted by molar-refractivity contribution is 6.02. The molecule has 0 bridgehead atoms. The molecule has 0 spiro atoms. The topological polar surface area (TPSA) is 95.0 Å². The van der Waals surface area contributed by atoms with Gasteiger partial charge in [0.1, 0.15) is 0 Å². The Bertz CT molecular complexity index is 970. The summed E-state index contributed by atoms with van der Waals surface area (Å²) in [7, 11) is 0. The molecule has 152 valence electrons. The van der Waals surface area contributed by atoms with Crippen LogP contribution in [0.4, 0.5) is 0 Å². The van der Waals surface area contributed by atoms with Crippen molar-refractivity contribution in [2.45, 2.75) is 26.2 Å². The van der Waals surface area contributed by atoms with Crippen LogP contribution in [0, 0.1) is 5.92 Å². The van der Waals surface area contributed by atoms with Crippen molar-refractivity contribution >= 4 is 29.2 Å². The van der Waals surface area contributed by atoms with Gasteiger partial charge in [-0.05, 0) is 50.5 Å². The number of aromatic nitrogens is 2. The third-order valence-corrected chi connectivity index (χ3v) is 5.54. The zero-order valence-corrected chi connectivity index (χ0v) is 16.6. The number of aromatic amines is 1. The summed E-state index contributed by atoms with van der Waals surface area (Å²) in [6.07, 6.45) is 4.93. The molecule has 2 aliphatic rings. The molecule has 3 heterocycles. The number of nitrogens with zero attached hydrogens (tertiary/aromatic N) is 4. The molecule has 2 aromatic rings. The minimum Gasteiger partial charge on any atom is -0.381 e. The molecule has 8 nitrogen and oxygen atoms in total. The highest BCUT2D eigenvalue weighted by Gasteiger charge is 2.26. The molecule has 0 saturated carbocycles. The Morgan fingerprint density at radius 1 is 1.38 bits per heavy atom. The highest BCUT2D eigenvalue weighted by Crippen LogP contribution is 2.23. The molecular weight excluding hydrogens is 368 g/mol. The number of carbonyl (C=O) groups is 1. The van der Waals surface area contributed by atoms with Crippen molar-refractivity contribution in [3.8, 4) is 0 Å². The fourth-order valence-electron chi connectivity index (χ4n) is 3.80. The largest absolute Gasteiger partial charge is 0.381 e. The maximum atomic E-state index is 12.2. The predicted molar refractivity (Wildman–Crippen MR) is 113 cm³/mol. The highest BCUT2D eigenvalue weighted by atomic mass is 16.5. The van der Waals surface area contributed by atoms with Crippen LogP contribution in [-0.4, -0.2) is 59.7 Å². The number of benzene rings is 1. The van der Waals surface area contributed by atoms with E-state index in [1.54, 1.807) is 6.20 Å². The Labute approximate surface area is 169 Å². The number of carbonyl (C=O) groups excluding carboxylic acids is 1. The predicted octanol–water partition coefficient (Wildman–Crippen LogP) is 2.45. The smallest absolute Gasteiger partial charge is 0.245 e. The van der Waals surface area contributed by atoms with Gasteiger partial charge >= 0.3 is 0 Å². The van der Waals surface area contributed by atoms with Crippen molar-refractivity contribution in [2.75, 3.05) is 26.3 Å². The van der Waals surface area contributed by atoms with Crippen molar-refractivity contribution in [3.63, 3.8) is 0 Å². The van der Waals surface area contributed by atoms with Crippen LogP contribution in [0.25, 0.3) is 10.9 Å². The van der Waals surface area contributed by atoms with Crippen molar-refractivity contribution in [1.29, 1.82) is 0 Å². The van der Waals surface area contributed by atoms with Crippen molar-refractivity contribution in [1.82, 2.24) is 20.4 Å². The second-order valence-corrected chi connectivity index (χ2v) is 7.51. The maximum absolute atomic E-state index is 12.2. The molecule has 0 unspecified atom stereocenters. The molecule has 4 rings (SSSR count). The molecule has 8 heteroatoms. The standard InChI is InChI=1S/C21H26N6O2/c1-14(16-3-4-17-12-23-26-18(17)11-16)24-21-20(22-2)25-19(28)13-27(21)8-5-15-6-9-29-10-7-15/h3-4,11-12,15H,2,5-10,13H2,1H3,(H,23,26)(H,25,28)/b24-14+. The maximum Gasteiger partial charge on any atom is 0.245 e. The molecule has 0 aliphatic carbocycles. The first-order valence-corrected chi connectivity index (χ1v) is 9.96. The lowest BCUT2D eigenvalue weighted by Gasteiger charge is -2.32. The third-order valence-electron chi connectivity index (χ3n) is 5.54. The fourth-order valence-corrected chi connectivity index (χ4v) is 3.80. The van der Waals surface area contributed by atoms with E-state index in [1.165, 1.54) is 0 Å². The number of ether oxygens (including phenoxy) is 1. The van der Waals surface area contributed by atoms with Crippen LogP contribution in [0.2, 0.25) is 0 Å². The first-order chi connectivity index (χ1) is 14.1. The molecule has 1 fully saturated rings. The van der Waals surface area contributed by atoms with Gasteiger partial charge in [-0.25, -0.2) is 9.98 Å². The Hall–Kier alpha value is -3.00. The quantitative estimate of drug-likeness (QED) is 0.736. The Balaban J connectivity index is 1.59. The van der Waals surface area contributed by atoms with E-state index >= 15 is 0 Å². The molecule has 1 saturated heterocycles. The summed E-state index contributed by atoms with van der Waals surface area (Å²) in [5.41, 5.74) is 2.78. The monoisotopic (exact) mass is 394 g/mol. The molecule has 0 radical (unpaired) electrons. The number of rotatable bonds is 6. The summed E-state index contributed by atoms with van der Waals surface area (Å²) in [6, 6.07) is 6.06. The SMILES string of the molecule is C=NC1=C(/N=C(\C)c2ccc3cn[nH]c3c2)N(CCC2CCOCC2)CC(=O)N1. The first kappa shape index (κ1) is 19.3. The number of hydrogen-bond acceptors (Lipinski definition) is 6. The van der Waals surface area contributed by atoms with Gasteiger partial charge in [-0.1, -0.05) is 12.1 Å². The minimum atomic E-state index is -0.0881. The van der Waals surface area contributed by atoms with Gasteiger partial charge in [0.2, 0.25) is 5.91 Å². The zero-order chi connectivity index (χ0) is 20.2. The lowest BCUT2D eigenvalue weighted by atomic mass is 9.96. The van der Waals surface area contributed by atoms with Gasteiger partial charge in [-0.15, -0.1) is 0 Å². The van der Waals surface area contributed by atoms with Gasteiger partial charge in [0.15, 0.2) is 11.6 Å². The van der Waals surface area contributed by atoms with E-state index in [1.807, 2.05) is 30.0 Å². The summed E-state index contributed by atoms with van der Waals surface area (Å²) >= 11 is 0. The Morgan fingerprint density at radius 3 is 3.00 bits per heavy atom. The van der Waals surface area contributed by atoms with Crippen LogP contribution in [0.3, 0.4) is 0 Å². The third kappa shape index (κ3) is 4.37. The van der Waals surface area contributed by atoms with E-state index in [0.29, 0.717) is 17.6 Å². The van der Waals surface area contributed by atoms with Crippen LogP contribution in [0.5, 0.6) is 0 Å². The molecule has 1 amide bonds. The summed E-state index contributed by atoms with van der Waals surface area (Å²) in [4.78, 5) is 23.0. The first-order valence-electron chi connectivity index (χ1n) is 9.96. The van der Waals surface area contributed by atoms with Gasteiger partial charge in [-0.2, -0.15) is 5.10 Å². The van der Waals surface area contributed by atoms with E-state index in [-0.39, 0.29) is 12.5 Å². The summed E-state index contributed by atoms with van der Waals surface area (Å²) in [5.74, 6) is 1.60. The average Bonchev–Trinajstić information content (AvgIpc) is 3.22. The molecular formula is C21H26N6O2. The molecule has 29 heavy (non-hydrogen) atoms. The van der Waals surface area contributed by atoms with E-state index in [9.17, 15) is 4.79 Å². The van der Waals surface area contributed by atoms with Gasteiger partial charge < -0.3 is 15.0 Å². The second kappa shape index (κ2) is 8.57. The minimum absolute atomic E-state index is 0.0881. The number of aliphatic imine (C=N–C) groups is 2. The van der Waals surface area contributed by atoms with Crippen LogP contribution in [0.15, 0.2) is 46.0 Å². The second-order valence-electron chi connectivity index (χ2n) is 7.51. The van der Waals surface area contributed by atoms with Crippen molar-refractivity contribution in [3.05, 3.63) is 41.6 Å². The van der Waals surface area contributed by atoms with E-state index in [4.69, 9.17) is 9.73 Å². The lowest BCUT2D eigenvalue weighted by Crippen LogP contribution is -2.43. The van der Waals surface area contributed by atoms with E-state index in [2.05, 4.69) is 27.2 Å². The van der Waals surface area contributed by atoms with Crippen LogP contribution in [0.1, 0.15) is 31.7 Å². The molecule has 2 N–H and O–H groups in total. The van der Waals surface area contributed by atoms with Gasteiger partial charge in [0.25, 0.3) is 0 Å². The van der Waals surface area contributed by atoms with Crippen LogP contribution in [-0.2, 0) is 9.53 Å². The zero-order valence-electron chi connectivity index (χ0n) is 16.6. The lowest BCUT2D eigenvalue weighted by molar-refractivity contribution is -0.122. The number of fused-ring (bicyclic) bond motifs is 1. The van der Waals surface area contributed by atoms with Gasteiger partial charge in [0.05, 0.1) is 18.3 Å². The van der Waals surface area contributed by atoms with Crippen molar-refractivity contribution < 1.29 is 9.53 Å². The molecule has 1 aromatic carbocycles. The summed E-state index contributed by atoms with van der Waals surface area (Å²) in [6.45, 7) is 8.24. The summed E-state index contributed by atoms with van der Waals surface area (Å²) in [5, 5.41) is 10.9. The number of hydrogen-bond donors (Lipinski definition) is 2. The fraction of sp³-hybridized carbons (Fsp3) is 0.429. The van der Waals surface area contributed by atoms with Crippen LogP contribution >= 0.6 is 0 Å². The number of amides is 1. The molecule has 2 aliphatic heterocycles. The Morgan fingerprint density at radius 2 is 2.21 bits per heavy atom. The average molecular weight is 394 g/mol. The van der Waals surface area contributed by atoms with E-state index < -0.39 is 0 Å². The molecule has 0 atom stereocenters. The van der Waals surface area contributed by atoms with Crippen molar-refractivity contribution in [2.24, 2.45) is 15.9 Å². The Kier molecular flexibility index (Phi) is 5.71. The normalized spacial score (nSPS) is 19.0.